The van der Waals surface area contributed by atoms with E-state index in [1.54, 1.807) is 30.5 Å². The monoisotopic (exact) mass is 256 g/mol. The molecule has 1 aromatic carbocycles. The maximum absolute atomic E-state index is 10.8. The summed E-state index contributed by atoms with van der Waals surface area (Å²) in [6.07, 6.45) is 2.84. The summed E-state index contributed by atoms with van der Waals surface area (Å²) in [4.78, 5) is 15.1. The van der Waals surface area contributed by atoms with E-state index in [9.17, 15) is 4.79 Å². The van der Waals surface area contributed by atoms with Crippen molar-refractivity contribution in [1.82, 2.24) is 4.98 Å². The molecule has 4 nitrogen and oxygen atoms in total. The lowest BCUT2D eigenvalue weighted by Crippen LogP contribution is -2.01. The largest absolute Gasteiger partial charge is 0.478 e. The van der Waals surface area contributed by atoms with Crippen LogP contribution in [0.3, 0.4) is 0 Å². The zero-order chi connectivity index (χ0) is 13.7. The van der Waals surface area contributed by atoms with Crippen LogP contribution in [0.15, 0.2) is 42.6 Å². The van der Waals surface area contributed by atoms with E-state index in [-0.39, 0.29) is 5.56 Å². The molecule has 1 heterocycles. The molecular formula is C15H16N2O2. The predicted molar refractivity (Wildman–Crippen MR) is 75.4 cm³/mol. The van der Waals surface area contributed by atoms with E-state index in [4.69, 9.17) is 5.11 Å². The van der Waals surface area contributed by atoms with Crippen molar-refractivity contribution in [3.05, 3.63) is 48.2 Å². The number of nitrogens with one attached hydrogen (secondary N) is 1. The van der Waals surface area contributed by atoms with Crippen LogP contribution in [-0.2, 0) is 0 Å². The van der Waals surface area contributed by atoms with E-state index in [2.05, 4.69) is 17.2 Å². The van der Waals surface area contributed by atoms with E-state index in [1.807, 2.05) is 12.1 Å². The van der Waals surface area contributed by atoms with Gasteiger partial charge in [-0.1, -0.05) is 19.1 Å². The number of carboxylic acid groups (broad SMARTS) is 1. The maximum atomic E-state index is 10.8. The van der Waals surface area contributed by atoms with E-state index in [0.29, 0.717) is 0 Å². The molecule has 0 saturated carbocycles. The number of benzene rings is 1. The van der Waals surface area contributed by atoms with Gasteiger partial charge in [0.2, 0.25) is 0 Å². The van der Waals surface area contributed by atoms with Crippen LogP contribution in [0.4, 0.5) is 5.82 Å². The lowest BCUT2D eigenvalue weighted by atomic mass is 10.1. The molecule has 98 valence electrons. The molecule has 4 heteroatoms. The molecule has 0 fully saturated rings. The number of carboxylic acids is 1. The van der Waals surface area contributed by atoms with Crippen molar-refractivity contribution in [1.29, 1.82) is 0 Å². The van der Waals surface area contributed by atoms with Gasteiger partial charge in [0, 0.05) is 18.3 Å². The predicted octanol–water partition coefficient (Wildman–Crippen LogP) is 3.27. The second-order valence-electron chi connectivity index (χ2n) is 4.24. The molecule has 2 aromatic rings. The van der Waals surface area contributed by atoms with Gasteiger partial charge in [-0.2, -0.15) is 0 Å². The first kappa shape index (κ1) is 13.1. The van der Waals surface area contributed by atoms with Gasteiger partial charge in [-0.05, 0) is 36.2 Å². The van der Waals surface area contributed by atoms with Gasteiger partial charge < -0.3 is 10.4 Å². The van der Waals surface area contributed by atoms with Gasteiger partial charge in [0.25, 0.3) is 0 Å². The van der Waals surface area contributed by atoms with Crippen molar-refractivity contribution in [2.75, 3.05) is 11.9 Å². The van der Waals surface area contributed by atoms with Crippen LogP contribution in [0.2, 0.25) is 0 Å². The third-order valence-electron chi connectivity index (χ3n) is 2.78. The molecule has 0 aliphatic heterocycles. The summed E-state index contributed by atoms with van der Waals surface area (Å²) in [7, 11) is 0. The number of carbonyl (C=O) groups is 1. The minimum Gasteiger partial charge on any atom is -0.478 e. The fourth-order valence-corrected chi connectivity index (χ4v) is 1.73. The fraction of sp³-hybridized carbons (Fsp3) is 0.200. The average molecular weight is 256 g/mol. The highest BCUT2D eigenvalue weighted by atomic mass is 16.4. The number of pyridine rings is 1. The highest BCUT2D eigenvalue weighted by Crippen LogP contribution is 2.20. The van der Waals surface area contributed by atoms with Crippen molar-refractivity contribution in [2.24, 2.45) is 0 Å². The van der Waals surface area contributed by atoms with Crippen molar-refractivity contribution in [3.8, 4) is 11.1 Å². The normalized spacial score (nSPS) is 10.2. The molecule has 2 rings (SSSR count). The van der Waals surface area contributed by atoms with Gasteiger partial charge in [0.1, 0.15) is 5.82 Å². The van der Waals surface area contributed by atoms with E-state index < -0.39 is 5.97 Å². The summed E-state index contributed by atoms with van der Waals surface area (Å²) < 4.78 is 0. The minimum absolute atomic E-state index is 0.290. The van der Waals surface area contributed by atoms with E-state index in [1.165, 1.54) is 0 Å². The number of hydrogen-bond donors (Lipinski definition) is 2. The summed E-state index contributed by atoms with van der Waals surface area (Å²) in [5, 5.41) is 12.1. The highest BCUT2D eigenvalue weighted by Gasteiger charge is 2.03. The average Bonchev–Trinajstić information content (AvgIpc) is 2.46. The van der Waals surface area contributed by atoms with Crippen molar-refractivity contribution < 1.29 is 9.90 Å². The zero-order valence-corrected chi connectivity index (χ0v) is 10.8. The van der Waals surface area contributed by atoms with E-state index in [0.717, 1.165) is 29.9 Å². The summed E-state index contributed by atoms with van der Waals surface area (Å²) >= 11 is 0. The number of hydrogen-bond acceptors (Lipinski definition) is 3. The van der Waals surface area contributed by atoms with Crippen LogP contribution in [0.1, 0.15) is 23.7 Å². The van der Waals surface area contributed by atoms with Crippen LogP contribution in [0.25, 0.3) is 11.1 Å². The topological polar surface area (TPSA) is 62.2 Å². The van der Waals surface area contributed by atoms with Crippen molar-refractivity contribution >= 4 is 11.8 Å². The first-order chi connectivity index (χ1) is 9.20. The molecule has 0 atom stereocenters. The van der Waals surface area contributed by atoms with Gasteiger partial charge in [-0.15, -0.1) is 0 Å². The molecule has 0 saturated heterocycles. The Morgan fingerprint density at radius 2 is 1.84 bits per heavy atom. The Hall–Kier alpha value is -2.36. The zero-order valence-electron chi connectivity index (χ0n) is 10.8. The van der Waals surface area contributed by atoms with Crippen LogP contribution >= 0.6 is 0 Å². The molecule has 0 spiro atoms. The number of aromatic nitrogens is 1. The smallest absolute Gasteiger partial charge is 0.335 e. The molecule has 0 radical (unpaired) electrons. The molecule has 0 unspecified atom stereocenters. The van der Waals surface area contributed by atoms with Gasteiger partial charge >= 0.3 is 5.97 Å². The SMILES string of the molecule is CCCNc1ccc(-c2ccc(C(=O)O)cc2)cn1. The Labute approximate surface area is 112 Å². The van der Waals surface area contributed by atoms with Crippen molar-refractivity contribution in [2.45, 2.75) is 13.3 Å². The van der Waals surface area contributed by atoms with Crippen molar-refractivity contribution in [3.63, 3.8) is 0 Å². The Balaban J connectivity index is 2.15. The van der Waals surface area contributed by atoms with Crippen LogP contribution in [0.5, 0.6) is 0 Å². The third-order valence-corrected chi connectivity index (χ3v) is 2.78. The lowest BCUT2D eigenvalue weighted by molar-refractivity contribution is 0.0697. The molecule has 0 aliphatic carbocycles. The molecule has 1 aromatic heterocycles. The molecular weight excluding hydrogens is 240 g/mol. The Morgan fingerprint density at radius 3 is 2.37 bits per heavy atom. The minimum atomic E-state index is -0.913. The molecule has 0 bridgehead atoms. The van der Waals surface area contributed by atoms with Gasteiger partial charge in [-0.25, -0.2) is 9.78 Å². The quantitative estimate of drug-likeness (QED) is 0.861. The maximum Gasteiger partial charge on any atom is 0.335 e. The van der Waals surface area contributed by atoms with Gasteiger partial charge in [0.15, 0.2) is 0 Å². The molecule has 0 amide bonds. The standard InChI is InChI=1S/C15H16N2O2/c1-2-9-16-14-8-7-13(10-17-14)11-3-5-12(6-4-11)15(18)19/h3-8,10H,2,9H2,1H3,(H,16,17)(H,18,19). The fourth-order valence-electron chi connectivity index (χ4n) is 1.73. The van der Waals surface area contributed by atoms with Crippen LogP contribution < -0.4 is 5.32 Å². The summed E-state index contributed by atoms with van der Waals surface area (Å²) in [6.45, 7) is 3.00. The Bertz CT molecular complexity index is 547. The van der Waals surface area contributed by atoms with E-state index >= 15 is 0 Å². The first-order valence-corrected chi connectivity index (χ1v) is 6.24. The van der Waals surface area contributed by atoms with Gasteiger partial charge in [-0.3, -0.25) is 0 Å². The Kier molecular flexibility index (Phi) is 4.13. The highest BCUT2D eigenvalue weighted by molar-refractivity contribution is 5.88. The third kappa shape index (κ3) is 3.31. The molecule has 0 aliphatic rings. The summed E-state index contributed by atoms with van der Waals surface area (Å²) in [6, 6.07) is 10.7. The van der Waals surface area contributed by atoms with Gasteiger partial charge in [0.05, 0.1) is 5.56 Å². The molecule has 19 heavy (non-hydrogen) atoms. The Morgan fingerprint density at radius 1 is 1.16 bits per heavy atom. The molecule has 2 N–H and O–H groups in total. The lowest BCUT2D eigenvalue weighted by Gasteiger charge is -2.05. The number of nitrogens with zero attached hydrogens (tertiary/aromatic N) is 1. The number of anilines is 1. The summed E-state index contributed by atoms with van der Waals surface area (Å²) in [5.74, 6) is -0.0588. The number of aromatic carboxylic acids is 1. The first-order valence-electron chi connectivity index (χ1n) is 6.24. The van der Waals surface area contributed by atoms with Crippen LogP contribution in [0, 0.1) is 0 Å². The summed E-state index contributed by atoms with van der Waals surface area (Å²) in [5.41, 5.74) is 2.22. The second-order valence-corrected chi connectivity index (χ2v) is 4.24. The second kappa shape index (κ2) is 6.00. The van der Waals surface area contributed by atoms with Crippen LogP contribution in [-0.4, -0.2) is 22.6 Å². The number of rotatable bonds is 5.